The molecule has 14 heavy (non-hydrogen) atoms. The van der Waals surface area contributed by atoms with Gasteiger partial charge in [0, 0.05) is 12.1 Å². The van der Waals surface area contributed by atoms with E-state index in [2.05, 4.69) is 9.72 Å². The number of carbonyl (C=O) groups is 1. The van der Waals surface area contributed by atoms with Crippen LogP contribution in [-0.2, 0) is 0 Å². The largest absolute Gasteiger partial charge is 0.411 e. The third kappa shape index (κ3) is 2.16. The quantitative estimate of drug-likeness (QED) is 0.555. The van der Waals surface area contributed by atoms with Crippen LogP contribution in [0.5, 0.6) is 5.88 Å². The summed E-state index contributed by atoms with van der Waals surface area (Å²) in [5.41, 5.74) is 4.76. The van der Waals surface area contributed by atoms with Crippen LogP contribution in [0.4, 0.5) is 10.5 Å². The molecule has 0 saturated carbocycles. The number of rotatable bonds is 2. The Morgan fingerprint density at radius 2 is 2.29 bits per heavy atom. The van der Waals surface area contributed by atoms with E-state index in [0.29, 0.717) is 0 Å². The van der Waals surface area contributed by atoms with E-state index in [0.717, 1.165) is 0 Å². The average molecular weight is 197 g/mol. The van der Waals surface area contributed by atoms with Gasteiger partial charge in [0.05, 0.1) is 4.92 Å². The smallest absolute Gasteiger partial charge is 0.391 e. The molecule has 0 aliphatic heterocycles. The van der Waals surface area contributed by atoms with Crippen LogP contribution in [0.25, 0.3) is 0 Å². The highest BCUT2D eigenvalue weighted by Crippen LogP contribution is 2.18. The lowest BCUT2D eigenvalue weighted by Crippen LogP contribution is -2.17. The summed E-state index contributed by atoms with van der Waals surface area (Å²) < 4.78 is 4.43. The minimum atomic E-state index is -1.01. The Morgan fingerprint density at radius 3 is 2.71 bits per heavy atom. The van der Waals surface area contributed by atoms with Crippen LogP contribution < -0.4 is 10.5 Å². The Morgan fingerprint density at radius 1 is 1.64 bits per heavy atom. The molecule has 0 bridgehead atoms. The summed E-state index contributed by atoms with van der Waals surface area (Å²) >= 11 is 0. The maximum absolute atomic E-state index is 10.4. The molecule has 1 aromatic heterocycles. The lowest BCUT2D eigenvalue weighted by atomic mass is 10.3. The van der Waals surface area contributed by atoms with Crippen LogP contribution >= 0.6 is 0 Å². The van der Waals surface area contributed by atoms with E-state index in [1.165, 1.54) is 19.1 Å². The molecular weight excluding hydrogens is 190 g/mol. The number of ether oxygens (including phenoxy) is 1. The third-order valence-electron chi connectivity index (χ3n) is 1.43. The van der Waals surface area contributed by atoms with Crippen LogP contribution in [0.3, 0.4) is 0 Å². The molecule has 1 rings (SSSR count). The molecule has 0 aromatic carbocycles. The van der Waals surface area contributed by atoms with Crippen molar-refractivity contribution in [3.63, 3.8) is 0 Å². The molecule has 1 amide bonds. The third-order valence-corrected chi connectivity index (χ3v) is 1.43. The molecule has 0 saturated heterocycles. The van der Waals surface area contributed by atoms with Crippen molar-refractivity contribution in [2.24, 2.45) is 5.73 Å². The molecular formula is C7H7N3O4. The Hall–Kier alpha value is -2.18. The molecule has 0 atom stereocenters. The first kappa shape index (κ1) is 9.90. The van der Waals surface area contributed by atoms with E-state index in [1.54, 1.807) is 0 Å². The number of hydrogen-bond donors (Lipinski definition) is 1. The van der Waals surface area contributed by atoms with Crippen LogP contribution in [-0.4, -0.2) is 16.0 Å². The van der Waals surface area contributed by atoms with Gasteiger partial charge in [-0.2, -0.15) is 0 Å². The molecule has 74 valence electrons. The number of pyridine rings is 1. The first-order valence-electron chi connectivity index (χ1n) is 3.60. The molecule has 1 heterocycles. The van der Waals surface area contributed by atoms with Crippen LogP contribution in [0.2, 0.25) is 0 Å². The average Bonchev–Trinajstić information content (AvgIpc) is 2.01. The van der Waals surface area contributed by atoms with Gasteiger partial charge < -0.3 is 10.5 Å². The number of aryl methyl sites for hydroxylation is 1. The Bertz CT molecular complexity index is 391. The van der Waals surface area contributed by atoms with Gasteiger partial charge in [-0.05, 0) is 6.92 Å². The molecule has 7 heteroatoms. The molecule has 2 N–H and O–H groups in total. The van der Waals surface area contributed by atoms with Gasteiger partial charge in [0.15, 0.2) is 0 Å². The van der Waals surface area contributed by atoms with Gasteiger partial charge in [0.1, 0.15) is 5.69 Å². The van der Waals surface area contributed by atoms with E-state index in [4.69, 9.17) is 5.73 Å². The van der Waals surface area contributed by atoms with Crippen molar-refractivity contribution < 1.29 is 14.5 Å². The predicted octanol–water partition coefficient (Wildman–Crippen LogP) is 0.756. The van der Waals surface area contributed by atoms with Crippen molar-refractivity contribution in [3.05, 3.63) is 27.9 Å². The molecule has 0 unspecified atom stereocenters. The zero-order valence-electron chi connectivity index (χ0n) is 7.26. The number of carbonyl (C=O) groups excluding carboxylic acids is 1. The van der Waals surface area contributed by atoms with Gasteiger partial charge in [-0.1, -0.05) is 0 Å². The summed E-state index contributed by atoms with van der Waals surface area (Å²) in [5, 5.41) is 10.4. The number of amides is 1. The fourth-order valence-electron chi connectivity index (χ4n) is 0.884. The summed E-state index contributed by atoms with van der Waals surface area (Å²) in [6, 6.07) is 2.40. The van der Waals surface area contributed by atoms with Gasteiger partial charge in [-0.25, -0.2) is 9.78 Å². The number of nitrogens with two attached hydrogens (primary N) is 1. The molecule has 0 spiro atoms. The van der Waals surface area contributed by atoms with Gasteiger partial charge in [0.2, 0.25) is 5.88 Å². The van der Waals surface area contributed by atoms with Crippen molar-refractivity contribution in [1.29, 1.82) is 0 Å². The molecule has 1 aromatic rings. The number of nitrogens with zero attached hydrogens (tertiary/aromatic N) is 2. The second kappa shape index (κ2) is 3.69. The van der Waals surface area contributed by atoms with E-state index in [9.17, 15) is 14.9 Å². The zero-order valence-corrected chi connectivity index (χ0v) is 7.26. The minimum absolute atomic E-state index is 0.0550. The maximum Gasteiger partial charge on any atom is 0.411 e. The zero-order chi connectivity index (χ0) is 10.7. The summed E-state index contributed by atoms with van der Waals surface area (Å²) in [6.07, 6.45) is -1.01. The predicted molar refractivity (Wildman–Crippen MR) is 45.8 cm³/mol. The van der Waals surface area contributed by atoms with Gasteiger partial charge in [0.25, 0.3) is 5.69 Å². The second-order valence-electron chi connectivity index (χ2n) is 2.43. The second-order valence-corrected chi connectivity index (χ2v) is 2.43. The van der Waals surface area contributed by atoms with Crippen LogP contribution in [0.1, 0.15) is 5.69 Å². The van der Waals surface area contributed by atoms with Gasteiger partial charge in [-0.15, -0.1) is 0 Å². The summed E-state index contributed by atoms with van der Waals surface area (Å²) in [6.45, 7) is 1.44. The first-order chi connectivity index (χ1) is 6.50. The van der Waals surface area contributed by atoms with Gasteiger partial charge in [-0.3, -0.25) is 10.1 Å². The Kier molecular flexibility index (Phi) is 2.61. The summed E-state index contributed by atoms with van der Waals surface area (Å²) in [4.78, 5) is 23.8. The summed E-state index contributed by atoms with van der Waals surface area (Å²) in [7, 11) is 0. The van der Waals surface area contributed by atoms with Crippen molar-refractivity contribution >= 4 is 11.8 Å². The lowest BCUT2D eigenvalue weighted by molar-refractivity contribution is -0.385. The Balaban J connectivity index is 3.00. The van der Waals surface area contributed by atoms with Crippen molar-refractivity contribution in [3.8, 4) is 5.88 Å². The molecule has 7 nitrogen and oxygen atoms in total. The molecule has 0 radical (unpaired) electrons. The number of hydrogen-bond acceptors (Lipinski definition) is 5. The molecule has 0 aliphatic carbocycles. The van der Waals surface area contributed by atoms with Crippen LogP contribution in [0.15, 0.2) is 12.1 Å². The topological polar surface area (TPSA) is 108 Å². The van der Waals surface area contributed by atoms with Gasteiger partial charge >= 0.3 is 6.09 Å². The number of primary amides is 1. The first-order valence-corrected chi connectivity index (χ1v) is 3.60. The molecule has 0 aliphatic rings. The standard InChI is InChI=1S/C7H7N3O4/c1-4-5(10(12)13)2-3-6(9-4)14-7(8)11/h2-3H,1H3,(H2,8,11). The number of aromatic nitrogens is 1. The maximum atomic E-state index is 10.4. The van der Waals surface area contributed by atoms with E-state index < -0.39 is 11.0 Å². The van der Waals surface area contributed by atoms with E-state index in [-0.39, 0.29) is 17.3 Å². The van der Waals surface area contributed by atoms with Crippen LogP contribution in [0, 0.1) is 17.0 Å². The lowest BCUT2D eigenvalue weighted by Gasteiger charge is -2.00. The summed E-state index contributed by atoms with van der Waals surface area (Å²) in [5.74, 6) is -0.0550. The fraction of sp³-hybridized carbons (Fsp3) is 0.143. The number of nitro groups is 1. The normalized spacial score (nSPS) is 9.50. The monoisotopic (exact) mass is 197 g/mol. The van der Waals surface area contributed by atoms with Crippen molar-refractivity contribution in [2.75, 3.05) is 0 Å². The van der Waals surface area contributed by atoms with Crippen molar-refractivity contribution in [1.82, 2.24) is 4.98 Å². The van der Waals surface area contributed by atoms with E-state index >= 15 is 0 Å². The highest BCUT2D eigenvalue weighted by molar-refractivity contribution is 5.67. The SMILES string of the molecule is Cc1nc(OC(N)=O)ccc1[N+](=O)[O-]. The molecule has 0 fully saturated rings. The highest BCUT2D eigenvalue weighted by Gasteiger charge is 2.12. The Labute approximate surface area is 78.6 Å². The fourth-order valence-corrected chi connectivity index (χ4v) is 0.884. The van der Waals surface area contributed by atoms with Crippen molar-refractivity contribution in [2.45, 2.75) is 6.92 Å². The minimum Gasteiger partial charge on any atom is -0.391 e. The highest BCUT2D eigenvalue weighted by atomic mass is 16.6. The van der Waals surface area contributed by atoms with E-state index in [1.807, 2.05) is 0 Å².